The predicted octanol–water partition coefficient (Wildman–Crippen LogP) is 1.75. The van der Waals surface area contributed by atoms with Crippen LogP contribution in [0.5, 0.6) is 0 Å². The van der Waals surface area contributed by atoms with Gasteiger partial charge in [0.15, 0.2) is 0 Å². The third kappa shape index (κ3) is 2.72. The number of alkyl halides is 2. The Kier molecular flexibility index (Phi) is 4.04. The topological polar surface area (TPSA) is 63.0 Å². The summed E-state index contributed by atoms with van der Waals surface area (Å²) in [6.07, 6.45) is -2.99. The van der Waals surface area contributed by atoms with Gasteiger partial charge in [-0.2, -0.15) is 9.65 Å². The van der Waals surface area contributed by atoms with Crippen molar-refractivity contribution in [1.82, 2.24) is 4.98 Å². The van der Waals surface area contributed by atoms with Crippen LogP contribution in [0, 0.1) is 17.3 Å². The lowest BCUT2D eigenvalue weighted by molar-refractivity contribution is -0.139. The average molecular weight is 244 g/mol. The van der Waals surface area contributed by atoms with E-state index in [2.05, 4.69) is 9.72 Å². The maximum absolute atomic E-state index is 13.3. The molecule has 1 aromatic heterocycles. The Labute approximate surface area is 94.6 Å². The molecule has 0 aliphatic carbocycles. The summed E-state index contributed by atoms with van der Waals surface area (Å²) in [4.78, 5) is 14.1. The van der Waals surface area contributed by atoms with Crippen LogP contribution in [-0.4, -0.2) is 18.1 Å². The highest BCUT2D eigenvalue weighted by atomic mass is 19.3. The quantitative estimate of drug-likeness (QED) is 0.600. The van der Waals surface area contributed by atoms with Gasteiger partial charge in [0.1, 0.15) is 6.07 Å². The van der Waals surface area contributed by atoms with Gasteiger partial charge in [-0.1, -0.05) is 0 Å². The van der Waals surface area contributed by atoms with Crippen molar-refractivity contribution < 1.29 is 22.7 Å². The summed E-state index contributed by atoms with van der Waals surface area (Å²) in [5, 5.41) is 8.73. The van der Waals surface area contributed by atoms with Crippen molar-refractivity contribution in [3.8, 4) is 6.07 Å². The molecule has 1 rings (SSSR count). The van der Waals surface area contributed by atoms with Crippen molar-refractivity contribution in [2.45, 2.75) is 12.8 Å². The van der Waals surface area contributed by atoms with E-state index in [0.29, 0.717) is 6.20 Å². The summed E-state index contributed by atoms with van der Waals surface area (Å²) in [7, 11) is 1.07. The van der Waals surface area contributed by atoms with Gasteiger partial charge in [0, 0.05) is 11.8 Å². The first-order chi connectivity index (χ1) is 8.01. The molecule has 0 fully saturated rings. The Morgan fingerprint density at radius 2 is 2.29 bits per heavy atom. The zero-order valence-electron chi connectivity index (χ0n) is 8.71. The van der Waals surface area contributed by atoms with E-state index < -0.39 is 41.5 Å². The first kappa shape index (κ1) is 13.0. The molecule has 4 nitrogen and oxygen atoms in total. The molecule has 7 heteroatoms. The van der Waals surface area contributed by atoms with Crippen molar-refractivity contribution >= 4 is 5.97 Å². The van der Waals surface area contributed by atoms with E-state index in [1.54, 1.807) is 0 Å². The number of ether oxygens (including phenoxy) is 1. The second-order valence-corrected chi connectivity index (χ2v) is 3.02. The molecule has 0 aliphatic rings. The molecule has 0 N–H and O–H groups in total. The van der Waals surface area contributed by atoms with E-state index >= 15 is 0 Å². The number of aromatic nitrogens is 1. The minimum absolute atomic E-state index is 0.475. The second kappa shape index (κ2) is 5.30. The number of nitriles is 1. The van der Waals surface area contributed by atoms with Crippen LogP contribution in [0.25, 0.3) is 0 Å². The highest BCUT2D eigenvalue weighted by molar-refractivity contribution is 5.73. The van der Waals surface area contributed by atoms with E-state index in [4.69, 9.17) is 5.26 Å². The summed E-state index contributed by atoms with van der Waals surface area (Å²) in [5.41, 5.74) is -1.75. The average Bonchev–Trinajstić information content (AvgIpc) is 2.30. The van der Waals surface area contributed by atoms with Gasteiger partial charge < -0.3 is 4.74 Å². The molecular formula is C10H7F3N2O2. The fourth-order valence-electron chi connectivity index (χ4n) is 1.22. The van der Waals surface area contributed by atoms with Gasteiger partial charge in [0.05, 0.1) is 24.7 Å². The number of carbonyl (C=O) groups excluding carboxylic acids is 1. The molecule has 0 saturated heterocycles. The smallest absolute Gasteiger partial charge is 0.310 e. The Balaban J connectivity index is 3.32. The van der Waals surface area contributed by atoms with Crippen LogP contribution in [0.1, 0.15) is 23.1 Å². The van der Waals surface area contributed by atoms with Crippen LogP contribution in [-0.2, 0) is 16.0 Å². The Morgan fingerprint density at radius 3 is 2.76 bits per heavy atom. The maximum atomic E-state index is 13.3. The SMILES string of the molecule is COC(=O)Cc1c(F)ncc(C(F)F)c1C#N. The van der Waals surface area contributed by atoms with Gasteiger partial charge in [-0.15, -0.1) is 0 Å². The third-order valence-corrected chi connectivity index (χ3v) is 2.05. The molecule has 0 aliphatic heterocycles. The highest BCUT2D eigenvalue weighted by Crippen LogP contribution is 2.25. The van der Waals surface area contributed by atoms with Crippen molar-refractivity contribution in [1.29, 1.82) is 5.26 Å². The molecule has 1 aromatic rings. The summed E-state index contributed by atoms with van der Waals surface area (Å²) in [6.45, 7) is 0. The maximum Gasteiger partial charge on any atom is 0.310 e. The second-order valence-electron chi connectivity index (χ2n) is 3.02. The molecule has 0 aromatic carbocycles. The molecule has 0 radical (unpaired) electrons. The highest BCUT2D eigenvalue weighted by Gasteiger charge is 2.22. The zero-order valence-corrected chi connectivity index (χ0v) is 8.71. The van der Waals surface area contributed by atoms with Gasteiger partial charge in [0.25, 0.3) is 6.43 Å². The lowest BCUT2D eigenvalue weighted by Gasteiger charge is -2.08. The molecule has 0 spiro atoms. The Bertz CT molecular complexity index is 483. The largest absolute Gasteiger partial charge is 0.469 e. The lowest BCUT2D eigenvalue weighted by Crippen LogP contribution is -2.11. The van der Waals surface area contributed by atoms with Gasteiger partial charge in [0.2, 0.25) is 5.95 Å². The number of esters is 1. The molecular weight excluding hydrogens is 237 g/mol. The third-order valence-electron chi connectivity index (χ3n) is 2.05. The minimum Gasteiger partial charge on any atom is -0.469 e. The number of halogens is 3. The first-order valence-electron chi connectivity index (χ1n) is 4.43. The fraction of sp³-hybridized carbons (Fsp3) is 0.300. The molecule has 17 heavy (non-hydrogen) atoms. The summed E-state index contributed by atoms with van der Waals surface area (Å²) in [5.74, 6) is -1.97. The van der Waals surface area contributed by atoms with E-state index in [-0.39, 0.29) is 0 Å². The standard InChI is InChI=1S/C10H7F3N2O2/c1-17-8(16)2-5-6(3-14)7(9(11)12)4-15-10(5)13/h4,9H,2H2,1H3. The number of carbonyl (C=O) groups is 1. The number of nitrogens with zero attached hydrogens (tertiary/aromatic N) is 2. The number of pyridine rings is 1. The van der Waals surface area contributed by atoms with Gasteiger partial charge in [-0.25, -0.2) is 13.8 Å². The monoisotopic (exact) mass is 244 g/mol. The molecule has 0 bridgehead atoms. The van der Waals surface area contributed by atoms with E-state index in [1.165, 1.54) is 6.07 Å². The molecule has 1 heterocycles. The van der Waals surface area contributed by atoms with E-state index in [9.17, 15) is 18.0 Å². The molecule has 0 unspecified atom stereocenters. The Morgan fingerprint density at radius 1 is 1.65 bits per heavy atom. The number of hydrogen-bond donors (Lipinski definition) is 0. The van der Waals surface area contributed by atoms with Crippen LogP contribution < -0.4 is 0 Å². The van der Waals surface area contributed by atoms with Crippen molar-refractivity contribution in [3.63, 3.8) is 0 Å². The predicted molar refractivity (Wildman–Crippen MR) is 49.6 cm³/mol. The number of methoxy groups -OCH3 is 1. The minimum atomic E-state index is -2.96. The molecule has 90 valence electrons. The molecule has 0 atom stereocenters. The number of rotatable bonds is 3. The van der Waals surface area contributed by atoms with E-state index in [1.807, 2.05) is 0 Å². The van der Waals surface area contributed by atoms with Crippen molar-refractivity contribution in [3.05, 3.63) is 28.8 Å². The Hall–Kier alpha value is -2.10. The fourth-order valence-corrected chi connectivity index (χ4v) is 1.22. The zero-order chi connectivity index (χ0) is 13.0. The summed E-state index contributed by atoms with van der Waals surface area (Å²) in [6, 6.07) is 1.45. The summed E-state index contributed by atoms with van der Waals surface area (Å²) >= 11 is 0. The normalized spacial score (nSPS) is 10.1. The number of hydrogen-bond acceptors (Lipinski definition) is 4. The molecule has 0 saturated carbocycles. The van der Waals surface area contributed by atoms with Crippen LogP contribution >= 0.6 is 0 Å². The van der Waals surface area contributed by atoms with Crippen LogP contribution in [0.2, 0.25) is 0 Å². The van der Waals surface area contributed by atoms with Crippen LogP contribution in [0.15, 0.2) is 6.20 Å². The van der Waals surface area contributed by atoms with Gasteiger partial charge in [-0.3, -0.25) is 4.79 Å². The van der Waals surface area contributed by atoms with Gasteiger partial charge >= 0.3 is 5.97 Å². The lowest BCUT2D eigenvalue weighted by atomic mass is 10.0. The van der Waals surface area contributed by atoms with Crippen molar-refractivity contribution in [2.24, 2.45) is 0 Å². The summed E-state index contributed by atoms with van der Waals surface area (Å²) < 4.78 is 42.6. The van der Waals surface area contributed by atoms with Crippen LogP contribution in [0.4, 0.5) is 13.2 Å². The van der Waals surface area contributed by atoms with E-state index in [0.717, 1.165) is 7.11 Å². The molecule has 0 amide bonds. The van der Waals surface area contributed by atoms with Gasteiger partial charge in [-0.05, 0) is 0 Å². The van der Waals surface area contributed by atoms with Crippen molar-refractivity contribution in [2.75, 3.05) is 7.11 Å². The van der Waals surface area contributed by atoms with Crippen LogP contribution in [0.3, 0.4) is 0 Å². The first-order valence-corrected chi connectivity index (χ1v) is 4.43.